The average molecular weight is 280 g/mol. The van der Waals surface area contributed by atoms with Crippen molar-refractivity contribution in [2.45, 2.75) is 13.5 Å². The number of carbonyl (C=O) groups is 1. The number of nitrogens with zero attached hydrogens (tertiary/aromatic N) is 2. The monoisotopic (exact) mass is 279 g/mol. The summed E-state index contributed by atoms with van der Waals surface area (Å²) in [6, 6.07) is 9.65. The van der Waals surface area contributed by atoms with E-state index in [0.717, 1.165) is 5.56 Å². The number of carbonyl (C=O) groups excluding carboxylic acids is 1. The van der Waals surface area contributed by atoms with E-state index >= 15 is 0 Å². The number of aromatic nitrogens is 2. The van der Waals surface area contributed by atoms with Gasteiger partial charge in [-0.15, -0.1) is 0 Å². The maximum absolute atomic E-state index is 11.6. The molecule has 2 rings (SSSR count). The predicted molar refractivity (Wildman–Crippen MR) is 73.1 cm³/mol. The van der Waals surface area contributed by atoms with Gasteiger partial charge in [-0.1, -0.05) is 41.9 Å². The molecule has 0 bridgehead atoms. The van der Waals surface area contributed by atoms with E-state index in [1.807, 2.05) is 30.3 Å². The Morgan fingerprint density at radius 2 is 2.11 bits per heavy atom. The van der Waals surface area contributed by atoms with Crippen LogP contribution >= 0.6 is 11.6 Å². The smallest absolute Gasteiger partial charge is 0.360 e. The molecular weight excluding hydrogens is 266 g/mol. The number of hydrogen-bond donors (Lipinski definition) is 1. The first kappa shape index (κ1) is 13.4. The number of rotatable bonds is 4. The Hall–Kier alpha value is -2.01. The van der Waals surface area contributed by atoms with Crippen molar-refractivity contribution in [3.63, 3.8) is 0 Å². The summed E-state index contributed by atoms with van der Waals surface area (Å²) >= 11 is 6.00. The average Bonchev–Trinajstić information content (AvgIpc) is 2.69. The van der Waals surface area contributed by atoms with Gasteiger partial charge in [0.05, 0.1) is 13.2 Å². The summed E-state index contributed by atoms with van der Waals surface area (Å²) in [6.45, 7) is 2.43. The molecule has 0 atom stereocenters. The molecule has 2 N–H and O–H groups in total. The van der Waals surface area contributed by atoms with Crippen LogP contribution < -0.4 is 5.73 Å². The first-order valence-corrected chi connectivity index (χ1v) is 6.24. The van der Waals surface area contributed by atoms with Gasteiger partial charge in [-0.05, 0) is 12.5 Å². The third kappa shape index (κ3) is 2.88. The minimum absolute atomic E-state index is 0.0527. The second-order valence-electron chi connectivity index (χ2n) is 3.91. The molecule has 2 aromatic rings. The number of ether oxygens (including phenoxy) is 1. The number of hydrogen-bond acceptors (Lipinski definition) is 4. The molecule has 0 fully saturated rings. The lowest BCUT2D eigenvalue weighted by molar-refractivity contribution is 0.0518. The number of esters is 1. The van der Waals surface area contributed by atoms with Gasteiger partial charge in [0.2, 0.25) is 0 Å². The molecule has 5 nitrogen and oxygen atoms in total. The van der Waals surface area contributed by atoms with E-state index < -0.39 is 5.97 Å². The van der Waals surface area contributed by atoms with Crippen LogP contribution in [0, 0.1) is 0 Å². The van der Waals surface area contributed by atoms with Gasteiger partial charge in [0, 0.05) is 0 Å². The zero-order valence-electron chi connectivity index (χ0n) is 10.5. The van der Waals surface area contributed by atoms with E-state index in [1.165, 1.54) is 4.68 Å². The summed E-state index contributed by atoms with van der Waals surface area (Å²) < 4.78 is 6.36. The van der Waals surface area contributed by atoms with E-state index in [0.29, 0.717) is 6.54 Å². The van der Waals surface area contributed by atoms with E-state index in [-0.39, 0.29) is 23.1 Å². The lowest BCUT2D eigenvalue weighted by Crippen LogP contribution is -2.09. The van der Waals surface area contributed by atoms with Crippen LogP contribution in [0.3, 0.4) is 0 Å². The van der Waals surface area contributed by atoms with Crippen molar-refractivity contribution in [3.8, 4) is 0 Å². The Labute approximate surface area is 115 Å². The van der Waals surface area contributed by atoms with E-state index in [4.69, 9.17) is 22.1 Å². The number of anilines is 1. The van der Waals surface area contributed by atoms with Crippen molar-refractivity contribution in [2.75, 3.05) is 12.3 Å². The van der Waals surface area contributed by atoms with E-state index in [1.54, 1.807) is 6.92 Å². The van der Waals surface area contributed by atoms with Crippen LogP contribution in [0.1, 0.15) is 23.0 Å². The third-order valence-electron chi connectivity index (χ3n) is 2.58. The molecule has 1 heterocycles. The normalized spacial score (nSPS) is 10.4. The predicted octanol–water partition coefficient (Wildman–Crippen LogP) is 2.34. The largest absolute Gasteiger partial charge is 0.461 e. The minimum atomic E-state index is -0.564. The molecule has 0 aliphatic carbocycles. The Morgan fingerprint density at radius 3 is 2.74 bits per heavy atom. The first-order chi connectivity index (χ1) is 9.13. The molecule has 1 aromatic carbocycles. The summed E-state index contributed by atoms with van der Waals surface area (Å²) in [5, 5.41) is 4.24. The van der Waals surface area contributed by atoms with Crippen LogP contribution in [0.25, 0.3) is 0 Å². The Kier molecular flexibility index (Phi) is 4.06. The lowest BCUT2D eigenvalue weighted by Gasteiger charge is -2.03. The second-order valence-corrected chi connectivity index (χ2v) is 4.29. The Balaban J connectivity index is 2.28. The fourth-order valence-corrected chi connectivity index (χ4v) is 1.87. The van der Waals surface area contributed by atoms with Gasteiger partial charge in [0.15, 0.2) is 5.69 Å². The maximum Gasteiger partial charge on any atom is 0.360 e. The number of halogens is 1. The molecule has 0 amide bonds. The van der Waals surface area contributed by atoms with E-state index in [2.05, 4.69) is 5.10 Å². The zero-order valence-corrected chi connectivity index (χ0v) is 11.2. The van der Waals surface area contributed by atoms with Crippen molar-refractivity contribution < 1.29 is 9.53 Å². The van der Waals surface area contributed by atoms with Gasteiger partial charge >= 0.3 is 5.97 Å². The summed E-state index contributed by atoms with van der Waals surface area (Å²) in [5.74, 6) is -0.306. The molecule has 6 heteroatoms. The molecule has 19 heavy (non-hydrogen) atoms. The molecule has 0 radical (unpaired) electrons. The highest BCUT2D eigenvalue weighted by molar-refractivity contribution is 6.35. The summed E-state index contributed by atoms with van der Waals surface area (Å²) in [4.78, 5) is 11.6. The number of benzene rings is 1. The van der Waals surface area contributed by atoms with Crippen LogP contribution in [-0.2, 0) is 11.3 Å². The second kappa shape index (κ2) is 5.75. The van der Waals surface area contributed by atoms with Crippen molar-refractivity contribution in [1.82, 2.24) is 9.78 Å². The van der Waals surface area contributed by atoms with Crippen molar-refractivity contribution >= 4 is 23.4 Å². The highest BCUT2D eigenvalue weighted by Gasteiger charge is 2.21. The highest BCUT2D eigenvalue weighted by Crippen LogP contribution is 2.24. The van der Waals surface area contributed by atoms with E-state index in [9.17, 15) is 4.79 Å². The molecule has 0 aliphatic rings. The minimum Gasteiger partial charge on any atom is -0.461 e. The van der Waals surface area contributed by atoms with Gasteiger partial charge in [0.25, 0.3) is 0 Å². The topological polar surface area (TPSA) is 70.1 Å². The molecule has 0 unspecified atom stereocenters. The molecule has 1 aromatic heterocycles. The standard InChI is InChI=1S/C13H14ClN3O2/c1-2-19-13(18)11-10(14)12(15)17(16-11)8-9-6-4-3-5-7-9/h3-7H,2,8,15H2,1H3. The van der Waals surface area contributed by atoms with Gasteiger partial charge in [-0.2, -0.15) is 5.10 Å². The van der Waals surface area contributed by atoms with Gasteiger partial charge in [-0.25, -0.2) is 9.48 Å². The van der Waals surface area contributed by atoms with Crippen LogP contribution in [0.4, 0.5) is 5.82 Å². The third-order valence-corrected chi connectivity index (χ3v) is 2.95. The van der Waals surface area contributed by atoms with Gasteiger partial charge < -0.3 is 10.5 Å². The fraction of sp³-hybridized carbons (Fsp3) is 0.231. The summed E-state index contributed by atoms with van der Waals surface area (Å²) in [7, 11) is 0. The van der Waals surface area contributed by atoms with Crippen LogP contribution in [0.15, 0.2) is 30.3 Å². The maximum atomic E-state index is 11.6. The molecule has 0 saturated carbocycles. The molecule has 0 aliphatic heterocycles. The fourth-order valence-electron chi connectivity index (χ4n) is 1.66. The Morgan fingerprint density at radius 1 is 1.42 bits per heavy atom. The molecular formula is C13H14ClN3O2. The van der Waals surface area contributed by atoms with Gasteiger partial charge in [-0.3, -0.25) is 0 Å². The molecule has 0 saturated heterocycles. The quantitative estimate of drug-likeness (QED) is 0.872. The van der Waals surface area contributed by atoms with Crippen molar-refractivity contribution in [2.24, 2.45) is 0 Å². The lowest BCUT2D eigenvalue weighted by atomic mass is 10.2. The number of nitrogens with two attached hydrogens (primary N) is 1. The zero-order chi connectivity index (χ0) is 13.8. The molecule has 100 valence electrons. The van der Waals surface area contributed by atoms with Crippen molar-refractivity contribution in [3.05, 3.63) is 46.6 Å². The van der Waals surface area contributed by atoms with Crippen LogP contribution in [0.2, 0.25) is 5.02 Å². The van der Waals surface area contributed by atoms with Crippen LogP contribution in [-0.4, -0.2) is 22.4 Å². The highest BCUT2D eigenvalue weighted by atomic mass is 35.5. The first-order valence-electron chi connectivity index (χ1n) is 5.86. The summed E-state index contributed by atoms with van der Waals surface area (Å²) in [6.07, 6.45) is 0. The number of nitrogen functional groups attached to an aromatic ring is 1. The van der Waals surface area contributed by atoms with Gasteiger partial charge in [0.1, 0.15) is 10.8 Å². The summed E-state index contributed by atoms with van der Waals surface area (Å²) in [5.41, 5.74) is 6.92. The molecule has 0 spiro atoms. The van der Waals surface area contributed by atoms with Crippen molar-refractivity contribution in [1.29, 1.82) is 0 Å². The van der Waals surface area contributed by atoms with Crippen LogP contribution in [0.5, 0.6) is 0 Å². The Bertz CT molecular complexity index is 581. The SMILES string of the molecule is CCOC(=O)c1nn(Cc2ccccc2)c(N)c1Cl.